The molecular weight excluding hydrogens is 312 g/mol. The second kappa shape index (κ2) is 7.40. The molecule has 2 aromatic rings. The minimum atomic E-state index is -0.376. The van der Waals surface area contributed by atoms with Gasteiger partial charge in [0.1, 0.15) is 11.6 Å². The molecule has 1 aliphatic rings. The number of nitrogens with one attached hydrogen (secondary N) is 2. The number of carbonyl (C=O) groups excluding carboxylic acids is 1. The maximum absolute atomic E-state index is 13.8. The van der Waals surface area contributed by atoms with Gasteiger partial charge < -0.3 is 15.1 Å². The van der Waals surface area contributed by atoms with Crippen LogP contribution >= 0.6 is 0 Å². The van der Waals surface area contributed by atoms with Gasteiger partial charge in [0.2, 0.25) is 0 Å². The van der Waals surface area contributed by atoms with Crippen LogP contribution in [-0.4, -0.2) is 38.6 Å². The van der Waals surface area contributed by atoms with Crippen LogP contribution in [0, 0.1) is 11.6 Å². The van der Waals surface area contributed by atoms with Crippen molar-refractivity contribution in [1.82, 2.24) is 0 Å². The third kappa shape index (κ3) is 4.08. The topological polar surface area (TPSA) is 36.8 Å². The van der Waals surface area contributed by atoms with E-state index in [1.807, 2.05) is 11.0 Å². The van der Waals surface area contributed by atoms with E-state index in [0.717, 1.165) is 18.0 Å². The SMILES string of the molecule is O=C(C[NH+]1CCN(c2ccccc2F)CC1)Nc1cccc(F)c1. The van der Waals surface area contributed by atoms with Crippen LogP contribution < -0.4 is 15.1 Å². The van der Waals surface area contributed by atoms with Gasteiger partial charge in [0.25, 0.3) is 5.91 Å². The van der Waals surface area contributed by atoms with Crippen LogP contribution in [0.15, 0.2) is 48.5 Å². The highest BCUT2D eigenvalue weighted by Crippen LogP contribution is 2.18. The van der Waals surface area contributed by atoms with Crippen molar-refractivity contribution in [2.45, 2.75) is 0 Å². The minimum Gasteiger partial charge on any atom is -0.358 e. The van der Waals surface area contributed by atoms with E-state index in [0.29, 0.717) is 31.0 Å². The number of quaternary nitrogens is 1. The summed E-state index contributed by atoms with van der Waals surface area (Å²) >= 11 is 0. The molecule has 4 nitrogen and oxygen atoms in total. The third-order valence-corrected chi connectivity index (χ3v) is 4.18. The molecule has 0 radical (unpaired) electrons. The van der Waals surface area contributed by atoms with E-state index in [1.165, 1.54) is 18.2 Å². The predicted molar refractivity (Wildman–Crippen MR) is 89.2 cm³/mol. The number of carbonyl (C=O) groups is 1. The number of rotatable bonds is 4. The normalized spacial score (nSPS) is 15.3. The zero-order valence-corrected chi connectivity index (χ0v) is 13.3. The monoisotopic (exact) mass is 332 g/mol. The zero-order chi connectivity index (χ0) is 16.9. The first-order chi connectivity index (χ1) is 11.6. The van der Waals surface area contributed by atoms with Crippen molar-refractivity contribution in [2.24, 2.45) is 0 Å². The summed E-state index contributed by atoms with van der Waals surface area (Å²) in [6.45, 7) is 3.23. The van der Waals surface area contributed by atoms with Crippen LogP contribution in [0.25, 0.3) is 0 Å². The van der Waals surface area contributed by atoms with Crippen LogP contribution in [0.1, 0.15) is 0 Å². The van der Waals surface area contributed by atoms with E-state index >= 15 is 0 Å². The molecule has 1 amide bonds. The first-order valence-corrected chi connectivity index (χ1v) is 8.00. The molecule has 1 fully saturated rings. The number of nitrogens with zero attached hydrogens (tertiary/aromatic N) is 1. The van der Waals surface area contributed by atoms with Gasteiger partial charge in [-0.15, -0.1) is 0 Å². The molecule has 0 saturated carbocycles. The first-order valence-electron chi connectivity index (χ1n) is 8.00. The molecule has 0 aliphatic carbocycles. The maximum Gasteiger partial charge on any atom is 0.279 e. The van der Waals surface area contributed by atoms with Gasteiger partial charge >= 0.3 is 0 Å². The van der Waals surface area contributed by atoms with E-state index < -0.39 is 0 Å². The standard InChI is InChI=1S/C18H19F2N3O/c19-14-4-3-5-15(12-14)21-18(24)13-22-8-10-23(11-9-22)17-7-2-1-6-16(17)20/h1-7,12H,8-11,13H2,(H,21,24)/p+1. The van der Waals surface area contributed by atoms with Gasteiger partial charge in [-0.05, 0) is 30.3 Å². The van der Waals surface area contributed by atoms with Crippen molar-refractivity contribution in [3.8, 4) is 0 Å². The number of hydrogen-bond donors (Lipinski definition) is 2. The van der Waals surface area contributed by atoms with Crippen molar-refractivity contribution in [2.75, 3.05) is 42.9 Å². The van der Waals surface area contributed by atoms with Crippen molar-refractivity contribution in [3.05, 3.63) is 60.2 Å². The van der Waals surface area contributed by atoms with Gasteiger partial charge in [0, 0.05) is 5.69 Å². The molecule has 1 aliphatic heterocycles. The third-order valence-electron chi connectivity index (χ3n) is 4.18. The molecular formula is C18H20F2N3O+. The predicted octanol–water partition coefficient (Wildman–Crippen LogP) is 1.31. The molecule has 1 heterocycles. The number of amides is 1. The van der Waals surface area contributed by atoms with Crippen LogP contribution in [0.3, 0.4) is 0 Å². The van der Waals surface area contributed by atoms with Crippen LogP contribution in [-0.2, 0) is 4.79 Å². The Bertz CT molecular complexity index is 715. The van der Waals surface area contributed by atoms with Crippen molar-refractivity contribution in [3.63, 3.8) is 0 Å². The molecule has 6 heteroatoms. The lowest BCUT2D eigenvalue weighted by atomic mass is 10.2. The van der Waals surface area contributed by atoms with Gasteiger partial charge in [0.15, 0.2) is 6.54 Å². The molecule has 0 bridgehead atoms. The second-order valence-electron chi connectivity index (χ2n) is 5.92. The molecule has 1 saturated heterocycles. The quantitative estimate of drug-likeness (QED) is 0.886. The lowest BCUT2D eigenvalue weighted by Crippen LogP contribution is -3.15. The number of piperazine rings is 1. The largest absolute Gasteiger partial charge is 0.358 e. The number of para-hydroxylation sites is 1. The van der Waals surface area contributed by atoms with E-state index in [9.17, 15) is 13.6 Å². The van der Waals surface area contributed by atoms with Gasteiger partial charge in [-0.25, -0.2) is 8.78 Å². The number of benzene rings is 2. The summed E-state index contributed by atoms with van der Waals surface area (Å²) in [4.78, 5) is 15.2. The van der Waals surface area contributed by atoms with Crippen molar-refractivity contribution in [1.29, 1.82) is 0 Å². The number of anilines is 2. The Balaban J connectivity index is 1.50. The summed E-state index contributed by atoms with van der Waals surface area (Å²) in [7, 11) is 0. The number of hydrogen-bond acceptors (Lipinski definition) is 2. The Kier molecular flexibility index (Phi) is 5.05. The first kappa shape index (κ1) is 16.4. The molecule has 0 unspecified atom stereocenters. The van der Waals surface area contributed by atoms with E-state index in [-0.39, 0.29) is 17.5 Å². The van der Waals surface area contributed by atoms with Crippen LogP contribution in [0.2, 0.25) is 0 Å². The maximum atomic E-state index is 13.8. The minimum absolute atomic E-state index is 0.144. The highest BCUT2D eigenvalue weighted by atomic mass is 19.1. The fraction of sp³-hybridized carbons (Fsp3) is 0.278. The highest BCUT2D eigenvalue weighted by Gasteiger charge is 2.23. The van der Waals surface area contributed by atoms with E-state index in [1.54, 1.807) is 24.3 Å². The van der Waals surface area contributed by atoms with Gasteiger partial charge in [-0.2, -0.15) is 0 Å². The van der Waals surface area contributed by atoms with Gasteiger partial charge in [-0.3, -0.25) is 4.79 Å². The van der Waals surface area contributed by atoms with Crippen molar-refractivity contribution < 1.29 is 18.5 Å². The molecule has 0 atom stereocenters. The molecule has 2 N–H and O–H groups in total. The Morgan fingerprint density at radius 1 is 1.08 bits per heavy atom. The smallest absolute Gasteiger partial charge is 0.279 e. The molecule has 24 heavy (non-hydrogen) atoms. The Morgan fingerprint density at radius 2 is 1.83 bits per heavy atom. The van der Waals surface area contributed by atoms with E-state index in [4.69, 9.17) is 0 Å². The van der Waals surface area contributed by atoms with Gasteiger partial charge in [0.05, 0.1) is 31.9 Å². The van der Waals surface area contributed by atoms with E-state index in [2.05, 4.69) is 5.32 Å². The summed E-state index contributed by atoms with van der Waals surface area (Å²) in [6.07, 6.45) is 0. The lowest BCUT2D eigenvalue weighted by Gasteiger charge is -2.33. The molecule has 126 valence electrons. The van der Waals surface area contributed by atoms with Crippen molar-refractivity contribution >= 4 is 17.3 Å². The van der Waals surface area contributed by atoms with Gasteiger partial charge in [-0.1, -0.05) is 18.2 Å². The second-order valence-corrected chi connectivity index (χ2v) is 5.92. The molecule has 0 spiro atoms. The van der Waals surface area contributed by atoms with Crippen LogP contribution in [0.5, 0.6) is 0 Å². The fourth-order valence-corrected chi connectivity index (χ4v) is 2.95. The Morgan fingerprint density at radius 3 is 2.54 bits per heavy atom. The average molecular weight is 332 g/mol. The fourth-order valence-electron chi connectivity index (χ4n) is 2.95. The molecule has 0 aromatic heterocycles. The molecule has 3 rings (SSSR count). The zero-order valence-electron chi connectivity index (χ0n) is 13.3. The lowest BCUT2D eigenvalue weighted by molar-refractivity contribution is -0.892. The Labute approximate surface area is 139 Å². The summed E-state index contributed by atoms with van der Waals surface area (Å²) in [5, 5.41) is 2.71. The average Bonchev–Trinajstić information content (AvgIpc) is 2.56. The Hall–Kier alpha value is -2.47. The highest BCUT2D eigenvalue weighted by molar-refractivity contribution is 5.91. The summed E-state index contributed by atoms with van der Waals surface area (Å²) in [5.74, 6) is -0.738. The summed E-state index contributed by atoms with van der Waals surface area (Å²) in [5.41, 5.74) is 1.07. The summed E-state index contributed by atoms with van der Waals surface area (Å²) in [6, 6.07) is 12.6. The molecule has 2 aromatic carbocycles. The summed E-state index contributed by atoms with van der Waals surface area (Å²) < 4.78 is 26.9. The van der Waals surface area contributed by atoms with Crippen LogP contribution in [0.4, 0.5) is 20.2 Å². The number of halogens is 2.